The van der Waals surface area contributed by atoms with E-state index in [0.29, 0.717) is 37.6 Å². The van der Waals surface area contributed by atoms with Gasteiger partial charge in [-0.05, 0) is 11.6 Å². The van der Waals surface area contributed by atoms with Crippen molar-refractivity contribution < 1.29 is 9.59 Å². The van der Waals surface area contributed by atoms with Gasteiger partial charge in [-0.15, -0.1) is 11.8 Å². The highest BCUT2D eigenvalue weighted by molar-refractivity contribution is 7.99. The molecule has 23 heavy (non-hydrogen) atoms. The van der Waals surface area contributed by atoms with Gasteiger partial charge in [-0.2, -0.15) is 0 Å². The lowest BCUT2D eigenvalue weighted by Crippen LogP contribution is -2.54. The number of halogens is 1. The van der Waals surface area contributed by atoms with Crippen LogP contribution in [0.25, 0.3) is 0 Å². The number of benzene rings is 1. The van der Waals surface area contributed by atoms with Crippen molar-refractivity contribution in [3.05, 3.63) is 34.9 Å². The normalized spacial score (nSPS) is 21.5. The van der Waals surface area contributed by atoms with Crippen molar-refractivity contribution in [1.29, 1.82) is 0 Å². The van der Waals surface area contributed by atoms with Gasteiger partial charge in [0.2, 0.25) is 11.8 Å². The van der Waals surface area contributed by atoms with Gasteiger partial charge in [-0.3, -0.25) is 14.9 Å². The van der Waals surface area contributed by atoms with Crippen molar-refractivity contribution in [2.24, 2.45) is 0 Å². The number of hydrogen-bond acceptors (Lipinski definition) is 4. The minimum atomic E-state index is -0.0645. The summed E-state index contributed by atoms with van der Waals surface area (Å²) in [6.45, 7) is 2.40. The summed E-state index contributed by atoms with van der Waals surface area (Å²) in [7, 11) is 0. The number of carbonyl (C=O) groups is 2. The predicted octanol–water partition coefficient (Wildman–Crippen LogP) is 1.22. The molecule has 2 aliphatic rings. The highest BCUT2D eigenvalue weighted by Crippen LogP contribution is 2.17. The Balaban J connectivity index is 1.51. The fraction of sp³-hybridized carbons (Fsp3) is 0.500. The van der Waals surface area contributed by atoms with Crippen LogP contribution < -0.4 is 5.32 Å². The van der Waals surface area contributed by atoms with Crippen LogP contribution in [0.3, 0.4) is 0 Å². The molecule has 3 rings (SSSR count). The summed E-state index contributed by atoms with van der Waals surface area (Å²) >= 11 is 7.86. The second kappa shape index (κ2) is 7.55. The summed E-state index contributed by atoms with van der Waals surface area (Å²) in [5.74, 6) is 1.91. The predicted molar refractivity (Wildman–Crippen MR) is 92.6 cm³/mol. The third kappa shape index (κ3) is 4.00. The van der Waals surface area contributed by atoms with Gasteiger partial charge in [0.05, 0.1) is 12.5 Å². The van der Waals surface area contributed by atoms with E-state index in [4.69, 9.17) is 11.6 Å². The van der Waals surface area contributed by atoms with Gasteiger partial charge in [0, 0.05) is 42.8 Å². The van der Waals surface area contributed by atoms with Crippen molar-refractivity contribution >= 4 is 35.2 Å². The van der Waals surface area contributed by atoms with Crippen LogP contribution >= 0.6 is 23.4 Å². The van der Waals surface area contributed by atoms with Crippen LogP contribution in [0.2, 0.25) is 5.02 Å². The molecule has 2 fully saturated rings. The molecular formula is C16H20ClN3O2S. The van der Waals surface area contributed by atoms with Gasteiger partial charge in [-0.1, -0.05) is 29.8 Å². The molecule has 0 saturated carbocycles. The van der Waals surface area contributed by atoms with Crippen LogP contribution in [-0.2, 0) is 16.0 Å². The number of piperazine rings is 1. The first-order chi connectivity index (χ1) is 11.1. The smallest absolute Gasteiger partial charge is 0.240 e. The van der Waals surface area contributed by atoms with E-state index in [1.54, 1.807) is 17.8 Å². The van der Waals surface area contributed by atoms with Gasteiger partial charge in [0.15, 0.2) is 0 Å². The Morgan fingerprint density at radius 1 is 1.17 bits per heavy atom. The van der Waals surface area contributed by atoms with Crippen molar-refractivity contribution in [3.63, 3.8) is 0 Å². The van der Waals surface area contributed by atoms with E-state index < -0.39 is 0 Å². The Labute approximate surface area is 145 Å². The molecule has 0 bridgehead atoms. The van der Waals surface area contributed by atoms with E-state index in [2.05, 4.69) is 5.32 Å². The molecule has 0 radical (unpaired) electrons. The largest absolute Gasteiger partial charge is 0.339 e. The monoisotopic (exact) mass is 353 g/mol. The molecule has 5 nitrogen and oxygen atoms in total. The highest BCUT2D eigenvalue weighted by Gasteiger charge is 2.30. The third-order valence-electron chi connectivity index (χ3n) is 4.26. The van der Waals surface area contributed by atoms with Crippen molar-refractivity contribution in [2.45, 2.75) is 12.5 Å². The minimum Gasteiger partial charge on any atom is -0.339 e. The zero-order valence-corrected chi connectivity index (χ0v) is 14.4. The Kier molecular flexibility index (Phi) is 5.46. The molecule has 0 aromatic heterocycles. The van der Waals surface area contributed by atoms with E-state index in [1.807, 2.05) is 28.0 Å². The maximum Gasteiger partial charge on any atom is 0.240 e. The molecule has 2 saturated heterocycles. The Bertz CT molecular complexity index is 584. The van der Waals surface area contributed by atoms with Gasteiger partial charge in [-0.25, -0.2) is 0 Å². The molecule has 2 amide bonds. The van der Waals surface area contributed by atoms with Crippen LogP contribution in [0.4, 0.5) is 0 Å². The van der Waals surface area contributed by atoms with E-state index >= 15 is 0 Å². The van der Waals surface area contributed by atoms with Gasteiger partial charge in [0.25, 0.3) is 0 Å². The number of rotatable bonds is 3. The summed E-state index contributed by atoms with van der Waals surface area (Å²) < 4.78 is 0. The summed E-state index contributed by atoms with van der Waals surface area (Å²) in [4.78, 5) is 28.4. The van der Waals surface area contributed by atoms with Crippen LogP contribution in [0, 0.1) is 0 Å². The van der Waals surface area contributed by atoms with Crippen LogP contribution in [-0.4, -0.2) is 65.5 Å². The average molecular weight is 354 g/mol. The molecular weight excluding hydrogens is 334 g/mol. The molecule has 2 aliphatic heterocycles. The third-order valence-corrected chi connectivity index (χ3v) is 5.57. The topological polar surface area (TPSA) is 52.7 Å². The van der Waals surface area contributed by atoms with Crippen molar-refractivity contribution in [3.8, 4) is 0 Å². The molecule has 1 aromatic rings. The summed E-state index contributed by atoms with van der Waals surface area (Å²) in [5, 5.41) is 3.83. The molecule has 1 unspecified atom stereocenters. The average Bonchev–Trinajstić information content (AvgIpc) is 3.11. The Morgan fingerprint density at radius 3 is 2.52 bits per heavy atom. The Hall–Kier alpha value is -1.24. The maximum absolute atomic E-state index is 12.4. The quantitative estimate of drug-likeness (QED) is 0.887. The van der Waals surface area contributed by atoms with Crippen LogP contribution in [0.1, 0.15) is 5.56 Å². The van der Waals surface area contributed by atoms with Crippen LogP contribution in [0.15, 0.2) is 24.3 Å². The second-order valence-electron chi connectivity index (χ2n) is 5.75. The first-order valence-corrected chi connectivity index (χ1v) is 9.29. The van der Waals surface area contributed by atoms with E-state index in [-0.39, 0.29) is 17.9 Å². The van der Waals surface area contributed by atoms with Crippen LogP contribution in [0.5, 0.6) is 0 Å². The second-order valence-corrected chi connectivity index (χ2v) is 7.18. The number of nitrogens with one attached hydrogen (secondary N) is 1. The van der Waals surface area contributed by atoms with E-state index in [1.165, 1.54) is 0 Å². The molecule has 124 valence electrons. The molecule has 1 aromatic carbocycles. The fourth-order valence-corrected chi connectivity index (χ4v) is 4.00. The number of carbonyl (C=O) groups excluding carboxylic acids is 2. The summed E-state index contributed by atoms with van der Waals surface area (Å²) in [6, 6.07) is 7.36. The Morgan fingerprint density at radius 2 is 1.87 bits per heavy atom. The fourth-order valence-electron chi connectivity index (χ4n) is 2.87. The number of nitrogens with zero attached hydrogens (tertiary/aromatic N) is 2. The van der Waals surface area contributed by atoms with Crippen molar-refractivity contribution in [2.75, 3.05) is 37.8 Å². The molecule has 1 N–H and O–H groups in total. The van der Waals surface area contributed by atoms with E-state index in [9.17, 15) is 9.59 Å². The first kappa shape index (κ1) is 16.6. The molecule has 0 spiro atoms. The standard InChI is InChI=1S/C16H20ClN3O2S/c17-13-4-2-1-3-12(13)9-15(21)19-5-7-20(8-6-19)16(22)14-10-23-11-18-14/h1-4,14,18H,5-11H2. The molecule has 2 heterocycles. The van der Waals surface area contributed by atoms with Crippen molar-refractivity contribution in [1.82, 2.24) is 15.1 Å². The number of hydrogen-bond donors (Lipinski definition) is 1. The lowest BCUT2D eigenvalue weighted by Gasteiger charge is -2.36. The lowest BCUT2D eigenvalue weighted by atomic mass is 10.1. The zero-order valence-electron chi connectivity index (χ0n) is 12.8. The minimum absolute atomic E-state index is 0.0645. The van der Waals surface area contributed by atoms with Gasteiger partial charge < -0.3 is 9.80 Å². The number of amides is 2. The SMILES string of the molecule is O=C(Cc1ccccc1Cl)N1CCN(C(=O)C2CSCN2)CC1. The van der Waals surface area contributed by atoms with Gasteiger partial charge in [0.1, 0.15) is 0 Å². The van der Waals surface area contributed by atoms with E-state index in [0.717, 1.165) is 17.2 Å². The zero-order chi connectivity index (χ0) is 16.2. The summed E-state index contributed by atoms with van der Waals surface area (Å²) in [5.41, 5.74) is 0.852. The maximum atomic E-state index is 12.4. The highest BCUT2D eigenvalue weighted by atomic mass is 35.5. The number of thioether (sulfide) groups is 1. The molecule has 1 atom stereocenters. The summed E-state index contributed by atoms with van der Waals surface area (Å²) in [6.07, 6.45) is 0.314. The molecule has 7 heteroatoms. The molecule has 0 aliphatic carbocycles. The first-order valence-electron chi connectivity index (χ1n) is 7.76. The van der Waals surface area contributed by atoms with Gasteiger partial charge >= 0.3 is 0 Å². The lowest BCUT2D eigenvalue weighted by molar-refractivity contribution is -0.140.